The Balaban J connectivity index is 1.55. The number of fused-ring (bicyclic) bond motifs is 1. The number of rotatable bonds is 2. The summed E-state index contributed by atoms with van der Waals surface area (Å²) in [5.41, 5.74) is 1.87. The zero-order chi connectivity index (χ0) is 20.7. The Kier molecular flexibility index (Phi) is 5.25. The Bertz CT molecular complexity index is 1040. The molecule has 2 aliphatic heterocycles. The molecule has 2 fully saturated rings. The van der Waals surface area contributed by atoms with Gasteiger partial charge in [0.2, 0.25) is 0 Å². The molecule has 1 saturated heterocycles. The summed E-state index contributed by atoms with van der Waals surface area (Å²) in [6, 6.07) is 15.3. The molecule has 1 aliphatic carbocycles. The quantitative estimate of drug-likeness (QED) is 0.611. The van der Waals surface area contributed by atoms with Gasteiger partial charge in [-0.2, -0.15) is 0 Å². The molecule has 0 bridgehead atoms. The van der Waals surface area contributed by atoms with Crippen LogP contribution in [0.15, 0.2) is 68.4 Å². The number of hydrogen-bond donors (Lipinski definition) is 1. The van der Waals surface area contributed by atoms with Crippen molar-refractivity contribution in [1.82, 2.24) is 4.90 Å². The number of carbonyl (C=O) groups excluding carboxylic acids is 1. The lowest BCUT2D eigenvalue weighted by molar-refractivity contribution is -0.124. The van der Waals surface area contributed by atoms with E-state index in [1.165, 1.54) is 23.1 Å². The van der Waals surface area contributed by atoms with Gasteiger partial charge < -0.3 is 10.0 Å². The Labute approximate surface area is 184 Å². The summed E-state index contributed by atoms with van der Waals surface area (Å²) in [5.74, 6) is 0.273. The molecular formula is C23H23N3O2S2. The third-order valence-corrected chi connectivity index (χ3v) is 8.17. The monoisotopic (exact) mass is 437 g/mol. The van der Waals surface area contributed by atoms with Gasteiger partial charge in [0, 0.05) is 18.0 Å². The van der Waals surface area contributed by atoms with Crippen molar-refractivity contribution in [2.75, 3.05) is 11.9 Å². The Morgan fingerprint density at radius 3 is 2.47 bits per heavy atom. The fourth-order valence-electron chi connectivity index (χ4n) is 4.19. The van der Waals surface area contributed by atoms with Crippen LogP contribution in [0.3, 0.4) is 0 Å². The van der Waals surface area contributed by atoms with E-state index in [1.54, 1.807) is 36.0 Å². The summed E-state index contributed by atoms with van der Waals surface area (Å²) >= 11 is 3.13. The molecule has 1 amide bonds. The molecule has 0 atom stereocenters. The van der Waals surface area contributed by atoms with Crippen LogP contribution < -0.4 is 4.90 Å². The van der Waals surface area contributed by atoms with E-state index in [1.807, 2.05) is 24.1 Å². The van der Waals surface area contributed by atoms with Gasteiger partial charge in [-0.25, -0.2) is 4.99 Å². The number of para-hydroxylation sites is 1. The average Bonchev–Trinajstić information content (AvgIpc) is 3.27. The first-order valence-corrected chi connectivity index (χ1v) is 11.9. The van der Waals surface area contributed by atoms with Crippen LogP contribution in [0.1, 0.15) is 32.1 Å². The molecule has 7 heteroatoms. The molecule has 0 radical (unpaired) electrons. The third kappa shape index (κ3) is 3.50. The number of hydrogen-bond acceptors (Lipinski definition) is 6. The molecule has 3 aliphatic rings. The lowest BCUT2D eigenvalue weighted by Gasteiger charge is -2.30. The summed E-state index contributed by atoms with van der Waals surface area (Å²) in [4.78, 5) is 24.4. The van der Waals surface area contributed by atoms with E-state index in [9.17, 15) is 9.90 Å². The highest BCUT2D eigenvalue weighted by Crippen LogP contribution is 2.50. The summed E-state index contributed by atoms with van der Waals surface area (Å²) in [5, 5.41) is 11.3. The minimum Gasteiger partial charge on any atom is -0.508 e. The van der Waals surface area contributed by atoms with Gasteiger partial charge in [0.15, 0.2) is 5.17 Å². The van der Waals surface area contributed by atoms with E-state index in [-0.39, 0.29) is 17.7 Å². The van der Waals surface area contributed by atoms with E-state index < -0.39 is 0 Å². The van der Waals surface area contributed by atoms with Gasteiger partial charge in [-0.15, -0.1) is 0 Å². The lowest BCUT2D eigenvalue weighted by Crippen LogP contribution is -2.40. The second kappa shape index (κ2) is 8.04. The molecule has 1 N–H and O–H groups in total. The first kappa shape index (κ1) is 19.6. The number of benzene rings is 2. The topological polar surface area (TPSA) is 56.1 Å². The molecule has 0 unspecified atom stereocenters. The number of nitrogens with zero attached hydrogens (tertiary/aromatic N) is 3. The van der Waals surface area contributed by atoms with Crippen molar-refractivity contribution in [3.05, 3.63) is 58.5 Å². The highest BCUT2D eigenvalue weighted by atomic mass is 32.2. The minimum atomic E-state index is 0.0617. The molecule has 5 nitrogen and oxygen atoms in total. The zero-order valence-electron chi connectivity index (χ0n) is 16.7. The predicted molar refractivity (Wildman–Crippen MR) is 124 cm³/mol. The second-order valence-electron chi connectivity index (χ2n) is 7.74. The van der Waals surface area contributed by atoms with Crippen LogP contribution in [0.4, 0.5) is 11.4 Å². The van der Waals surface area contributed by atoms with Crippen LogP contribution in [0.2, 0.25) is 0 Å². The number of phenols is 1. The lowest BCUT2D eigenvalue weighted by atomic mass is 9.94. The Morgan fingerprint density at radius 1 is 1.00 bits per heavy atom. The van der Waals surface area contributed by atoms with E-state index in [0.29, 0.717) is 0 Å². The minimum absolute atomic E-state index is 0.0617. The van der Waals surface area contributed by atoms with Gasteiger partial charge in [-0.05, 0) is 61.0 Å². The van der Waals surface area contributed by atoms with E-state index in [2.05, 4.69) is 17.0 Å². The number of anilines is 1. The molecule has 154 valence electrons. The van der Waals surface area contributed by atoms with Gasteiger partial charge >= 0.3 is 0 Å². The molecule has 2 heterocycles. The maximum Gasteiger partial charge on any atom is 0.269 e. The van der Waals surface area contributed by atoms with Crippen molar-refractivity contribution >= 4 is 46.0 Å². The van der Waals surface area contributed by atoms with Crippen molar-refractivity contribution in [1.29, 1.82) is 0 Å². The maximum atomic E-state index is 13.6. The van der Waals surface area contributed by atoms with Crippen LogP contribution in [-0.2, 0) is 4.79 Å². The molecule has 5 rings (SSSR count). The first-order chi connectivity index (χ1) is 14.6. The fourth-order valence-corrected chi connectivity index (χ4v) is 6.60. The van der Waals surface area contributed by atoms with Crippen molar-refractivity contribution < 1.29 is 9.90 Å². The van der Waals surface area contributed by atoms with Crippen molar-refractivity contribution in [2.45, 2.75) is 43.0 Å². The number of aromatic hydroxyl groups is 1. The van der Waals surface area contributed by atoms with E-state index >= 15 is 0 Å². The SMILES string of the molecule is CN1/C(=C2/SC(=Nc3ccc(O)cc3)N(C3CCCCC3)C2=O)Sc2ccccc21. The number of amidine groups is 1. The van der Waals surface area contributed by atoms with Crippen LogP contribution in [0, 0.1) is 0 Å². The van der Waals surface area contributed by atoms with Crippen LogP contribution >= 0.6 is 23.5 Å². The fraction of sp³-hybridized carbons (Fsp3) is 0.304. The van der Waals surface area contributed by atoms with Gasteiger partial charge in [0.1, 0.15) is 10.7 Å². The smallest absolute Gasteiger partial charge is 0.269 e. The van der Waals surface area contributed by atoms with Gasteiger partial charge in [-0.3, -0.25) is 9.69 Å². The largest absolute Gasteiger partial charge is 0.508 e. The molecule has 0 aromatic heterocycles. The number of aliphatic imine (C=N–C) groups is 1. The Morgan fingerprint density at radius 2 is 1.73 bits per heavy atom. The van der Waals surface area contributed by atoms with E-state index in [0.717, 1.165) is 52.2 Å². The Hall–Kier alpha value is -2.38. The third-order valence-electron chi connectivity index (χ3n) is 5.76. The highest BCUT2D eigenvalue weighted by Gasteiger charge is 2.42. The molecule has 0 spiro atoms. The number of thioether (sulfide) groups is 2. The number of phenolic OH excluding ortho intramolecular Hbond substituents is 1. The molecule has 1 saturated carbocycles. The molecule has 2 aromatic rings. The normalized spacial score (nSPS) is 23.5. The van der Waals surface area contributed by atoms with Crippen LogP contribution in [0.5, 0.6) is 5.75 Å². The van der Waals surface area contributed by atoms with Crippen LogP contribution in [-0.4, -0.2) is 34.2 Å². The number of carbonyl (C=O) groups is 1. The predicted octanol–water partition coefficient (Wildman–Crippen LogP) is 5.70. The number of amides is 1. The van der Waals surface area contributed by atoms with E-state index in [4.69, 9.17) is 4.99 Å². The average molecular weight is 438 g/mol. The zero-order valence-corrected chi connectivity index (χ0v) is 18.4. The maximum absolute atomic E-state index is 13.6. The van der Waals surface area contributed by atoms with Crippen molar-refractivity contribution in [3.63, 3.8) is 0 Å². The summed E-state index contributed by atoms with van der Waals surface area (Å²) in [6.45, 7) is 0. The van der Waals surface area contributed by atoms with Crippen molar-refractivity contribution in [2.24, 2.45) is 4.99 Å². The van der Waals surface area contributed by atoms with Crippen molar-refractivity contribution in [3.8, 4) is 5.75 Å². The second-order valence-corrected chi connectivity index (χ2v) is 9.75. The molecule has 30 heavy (non-hydrogen) atoms. The van der Waals surface area contributed by atoms with Gasteiger partial charge in [-0.1, -0.05) is 43.2 Å². The molecule has 2 aromatic carbocycles. The van der Waals surface area contributed by atoms with Gasteiger partial charge in [0.25, 0.3) is 5.91 Å². The highest BCUT2D eigenvalue weighted by molar-refractivity contribution is 8.19. The summed E-state index contributed by atoms with van der Waals surface area (Å²) in [7, 11) is 2.02. The molecular weight excluding hydrogens is 414 g/mol. The first-order valence-electron chi connectivity index (χ1n) is 10.3. The standard InChI is InChI=1S/C23H23N3O2S2/c1-25-18-9-5-6-10-19(18)29-22(25)20-21(28)26(16-7-3-2-4-8-16)23(30-20)24-15-11-13-17(27)14-12-15/h5-6,9-14,16,27H,2-4,7-8H2,1H3/b22-20-,24-23?. The van der Waals surface area contributed by atoms with Gasteiger partial charge in [0.05, 0.1) is 16.4 Å². The van der Waals surface area contributed by atoms with Crippen LogP contribution in [0.25, 0.3) is 0 Å². The summed E-state index contributed by atoms with van der Waals surface area (Å²) < 4.78 is 0. The summed E-state index contributed by atoms with van der Waals surface area (Å²) in [6.07, 6.45) is 5.58.